The third-order valence-corrected chi connectivity index (χ3v) is 6.02. The third-order valence-electron chi connectivity index (χ3n) is 6.02. The number of nitrogens with one attached hydrogen (secondary N) is 1. The average molecular weight is 334 g/mol. The zero-order valence-corrected chi connectivity index (χ0v) is 14.3. The first-order valence-electron chi connectivity index (χ1n) is 9.22. The molecule has 132 valence electrons. The Labute approximate surface area is 142 Å². The summed E-state index contributed by atoms with van der Waals surface area (Å²) in [6.45, 7) is 3.49. The molecule has 1 aromatic rings. The van der Waals surface area contributed by atoms with Crippen molar-refractivity contribution in [3.63, 3.8) is 0 Å². The van der Waals surface area contributed by atoms with Crippen LogP contribution in [0.25, 0.3) is 0 Å². The highest BCUT2D eigenvalue weighted by Gasteiger charge is 2.57. The highest BCUT2D eigenvalue weighted by atomic mass is 16.5. The van der Waals surface area contributed by atoms with Crippen LogP contribution in [0, 0.1) is 5.41 Å². The topological polar surface area (TPSA) is 73.6 Å². The first-order valence-corrected chi connectivity index (χ1v) is 9.22. The maximum absolute atomic E-state index is 12.8. The molecule has 2 saturated carbocycles. The lowest BCUT2D eigenvalue weighted by molar-refractivity contribution is -0.127. The zero-order valence-electron chi connectivity index (χ0n) is 14.3. The van der Waals surface area contributed by atoms with Gasteiger partial charge in [0.15, 0.2) is 17.8 Å². The van der Waals surface area contributed by atoms with E-state index in [2.05, 4.69) is 10.3 Å². The van der Waals surface area contributed by atoms with Gasteiger partial charge in [-0.1, -0.05) is 12.8 Å². The van der Waals surface area contributed by atoms with Crippen LogP contribution in [0.1, 0.15) is 74.2 Å². The van der Waals surface area contributed by atoms with Gasteiger partial charge in [0.25, 0.3) is 5.91 Å². The molecule has 1 saturated heterocycles. The van der Waals surface area contributed by atoms with Gasteiger partial charge in [-0.15, -0.1) is 0 Å². The number of hydrogen-bond acceptors (Lipinski definition) is 5. The van der Waals surface area contributed by atoms with Crippen molar-refractivity contribution in [1.29, 1.82) is 0 Å². The van der Waals surface area contributed by atoms with Gasteiger partial charge in [0.1, 0.15) is 6.10 Å². The largest absolute Gasteiger partial charge is 0.445 e. The van der Waals surface area contributed by atoms with Crippen molar-refractivity contribution in [3.05, 3.63) is 17.8 Å². The van der Waals surface area contributed by atoms with E-state index >= 15 is 0 Å². The molecule has 0 radical (unpaired) electrons. The fraction of sp³-hybridized carbons (Fsp3) is 0.778. The van der Waals surface area contributed by atoms with Crippen molar-refractivity contribution in [2.75, 3.05) is 13.2 Å². The average Bonchev–Trinajstić information content (AvgIpc) is 3.34. The van der Waals surface area contributed by atoms with Gasteiger partial charge in [-0.2, -0.15) is 0 Å². The van der Waals surface area contributed by atoms with Crippen molar-refractivity contribution in [1.82, 2.24) is 10.3 Å². The number of rotatable bonds is 5. The fourth-order valence-electron chi connectivity index (χ4n) is 4.75. The molecule has 1 aromatic heterocycles. The Balaban J connectivity index is 1.46. The second-order valence-corrected chi connectivity index (χ2v) is 7.21. The van der Waals surface area contributed by atoms with E-state index in [4.69, 9.17) is 13.9 Å². The van der Waals surface area contributed by atoms with E-state index in [1.54, 1.807) is 0 Å². The lowest BCUT2D eigenvalue weighted by Crippen LogP contribution is -2.63. The predicted octanol–water partition coefficient (Wildman–Crippen LogP) is 2.99. The zero-order chi connectivity index (χ0) is 16.6. The van der Waals surface area contributed by atoms with Crippen molar-refractivity contribution >= 4 is 5.91 Å². The number of carbonyl (C=O) groups excluding carboxylic acids is 1. The molecule has 0 bridgehead atoms. The number of aromatic nitrogens is 1. The second-order valence-electron chi connectivity index (χ2n) is 7.21. The van der Waals surface area contributed by atoms with Gasteiger partial charge in [0, 0.05) is 24.7 Å². The molecule has 2 heterocycles. The SMILES string of the molecule is CCO[C@@H]1C[C@@H](NC(=O)c2ncoc2[C@@H]2CCCO2)C12CCCC2. The minimum atomic E-state index is -0.138. The van der Waals surface area contributed by atoms with Crippen LogP contribution < -0.4 is 5.32 Å². The summed E-state index contributed by atoms with van der Waals surface area (Å²) in [5, 5.41) is 3.21. The highest BCUT2D eigenvalue weighted by Crippen LogP contribution is 2.54. The second kappa shape index (κ2) is 6.48. The normalized spacial score (nSPS) is 31.3. The monoisotopic (exact) mass is 334 g/mol. The Kier molecular flexibility index (Phi) is 4.35. The van der Waals surface area contributed by atoms with E-state index < -0.39 is 0 Å². The van der Waals surface area contributed by atoms with E-state index in [9.17, 15) is 4.79 Å². The number of ether oxygens (including phenoxy) is 2. The molecule has 1 amide bonds. The summed E-state index contributed by atoms with van der Waals surface area (Å²) in [5.41, 5.74) is 0.509. The smallest absolute Gasteiger partial charge is 0.273 e. The molecular formula is C18H26N2O4. The van der Waals surface area contributed by atoms with Gasteiger partial charge in [-0.05, 0) is 39.0 Å². The van der Waals surface area contributed by atoms with Crippen LogP contribution in [0.4, 0.5) is 0 Å². The van der Waals surface area contributed by atoms with Crippen LogP contribution in [0.15, 0.2) is 10.8 Å². The molecule has 2 aliphatic carbocycles. The molecule has 1 spiro atoms. The predicted molar refractivity (Wildman–Crippen MR) is 86.6 cm³/mol. The number of nitrogens with zero attached hydrogens (tertiary/aromatic N) is 1. The molecule has 6 heteroatoms. The first-order chi connectivity index (χ1) is 11.7. The molecule has 1 N–H and O–H groups in total. The Morgan fingerprint density at radius 3 is 2.96 bits per heavy atom. The molecular weight excluding hydrogens is 308 g/mol. The van der Waals surface area contributed by atoms with E-state index in [0.717, 1.165) is 38.7 Å². The van der Waals surface area contributed by atoms with Crippen LogP contribution in [-0.4, -0.2) is 36.3 Å². The lowest BCUT2D eigenvalue weighted by Gasteiger charge is -2.54. The van der Waals surface area contributed by atoms with Crippen LogP contribution in [0.5, 0.6) is 0 Å². The van der Waals surface area contributed by atoms with Crippen LogP contribution in [0.2, 0.25) is 0 Å². The summed E-state index contributed by atoms with van der Waals surface area (Å²) in [7, 11) is 0. The van der Waals surface area contributed by atoms with Crippen molar-refractivity contribution < 1.29 is 18.7 Å². The molecule has 6 nitrogen and oxygen atoms in total. The summed E-state index contributed by atoms with van der Waals surface area (Å²) < 4.78 is 17.0. The van der Waals surface area contributed by atoms with E-state index in [1.165, 1.54) is 19.2 Å². The maximum atomic E-state index is 12.8. The standard InChI is InChI=1S/C18H26N2O4/c1-2-22-14-10-13(18(14)7-3-4-8-18)20-17(21)15-16(24-11-19-15)12-6-5-9-23-12/h11-14H,2-10H2,1H3,(H,20,21)/t12-,13+,14+/m0/s1. The molecule has 1 aliphatic heterocycles. The molecule has 24 heavy (non-hydrogen) atoms. The van der Waals surface area contributed by atoms with Gasteiger partial charge in [0.05, 0.1) is 6.10 Å². The summed E-state index contributed by atoms with van der Waals surface area (Å²) in [6, 6.07) is 0.179. The summed E-state index contributed by atoms with van der Waals surface area (Å²) in [4.78, 5) is 16.9. The quantitative estimate of drug-likeness (QED) is 0.896. The summed E-state index contributed by atoms with van der Waals surface area (Å²) in [5.74, 6) is 0.437. The number of oxazole rings is 1. The fourth-order valence-corrected chi connectivity index (χ4v) is 4.75. The summed E-state index contributed by atoms with van der Waals surface area (Å²) >= 11 is 0. The van der Waals surface area contributed by atoms with Gasteiger partial charge in [-0.3, -0.25) is 4.79 Å². The number of hydrogen-bond donors (Lipinski definition) is 1. The molecule has 3 fully saturated rings. The minimum Gasteiger partial charge on any atom is -0.445 e. The van der Waals surface area contributed by atoms with Crippen molar-refractivity contribution in [2.24, 2.45) is 5.41 Å². The summed E-state index contributed by atoms with van der Waals surface area (Å²) in [6.07, 6.45) is 9.00. The Bertz CT molecular complexity index is 588. The first kappa shape index (κ1) is 16.1. The van der Waals surface area contributed by atoms with Crippen LogP contribution in [-0.2, 0) is 9.47 Å². The Morgan fingerprint density at radius 2 is 2.25 bits per heavy atom. The van der Waals surface area contributed by atoms with E-state index in [-0.39, 0.29) is 29.6 Å². The molecule has 0 aromatic carbocycles. The molecule has 3 aliphatic rings. The number of amides is 1. The lowest BCUT2D eigenvalue weighted by atomic mass is 9.60. The van der Waals surface area contributed by atoms with Gasteiger partial charge in [0.2, 0.25) is 0 Å². The molecule has 0 unspecified atom stereocenters. The number of carbonyl (C=O) groups is 1. The Morgan fingerprint density at radius 1 is 1.42 bits per heavy atom. The Hall–Kier alpha value is -1.40. The highest BCUT2D eigenvalue weighted by molar-refractivity contribution is 5.93. The van der Waals surface area contributed by atoms with Gasteiger partial charge < -0.3 is 19.2 Å². The third kappa shape index (κ3) is 2.56. The maximum Gasteiger partial charge on any atom is 0.273 e. The van der Waals surface area contributed by atoms with Crippen LogP contribution in [0.3, 0.4) is 0 Å². The van der Waals surface area contributed by atoms with Crippen molar-refractivity contribution in [2.45, 2.75) is 70.1 Å². The van der Waals surface area contributed by atoms with Crippen LogP contribution >= 0.6 is 0 Å². The van der Waals surface area contributed by atoms with E-state index in [0.29, 0.717) is 18.1 Å². The minimum absolute atomic E-state index is 0.124. The molecule has 3 atom stereocenters. The van der Waals surface area contributed by atoms with Crippen molar-refractivity contribution in [3.8, 4) is 0 Å². The van der Waals surface area contributed by atoms with Gasteiger partial charge in [-0.25, -0.2) is 4.98 Å². The molecule has 4 rings (SSSR count). The van der Waals surface area contributed by atoms with E-state index in [1.807, 2.05) is 6.92 Å². The van der Waals surface area contributed by atoms with Gasteiger partial charge >= 0.3 is 0 Å².